The molecule has 5 atom stereocenters. The lowest BCUT2D eigenvalue weighted by molar-refractivity contribution is -0.0673. The summed E-state index contributed by atoms with van der Waals surface area (Å²) >= 11 is 0. The fraction of sp³-hybridized carbons (Fsp3) is 0.353. The lowest BCUT2D eigenvalue weighted by Gasteiger charge is -2.34. The van der Waals surface area contributed by atoms with Gasteiger partial charge in [-0.3, -0.25) is 4.57 Å². The Hall–Kier alpha value is -2.64. The van der Waals surface area contributed by atoms with Crippen LogP contribution in [0.25, 0.3) is 11.2 Å². The van der Waals surface area contributed by atoms with E-state index in [9.17, 15) is 9.50 Å². The zero-order valence-electron chi connectivity index (χ0n) is 15.0. The minimum absolute atomic E-state index is 0.180. The van der Waals surface area contributed by atoms with E-state index in [0.717, 1.165) is 0 Å². The SMILES string of the molecule is Nc1ncnc2c1ncn2[C@@H]1O[C@H](CO)C2O[B-]3(OCc4cc(F)ccc43)OC21. The van der Waals surface area contributed by atoms with Gasteiger partial charge >= 0.3 is 6.75 Å². The number of nitrogens with zero attached hydrogens (tertiary/aromatic N) is 4. The van der Waals surface area contributed by atoms with Crippen LogP contribution in [0.15, 0.2) is 30.9 Å². The molecule has 2 aromatic heterocycles. The number of aromatic nitrogens is 4. The fourth-order valence-corrected chi connectivity index (χ4v) is 4.45. The molecular weight excluding hydrogens is 384 g/mol. The number of hydrogen-bond acceptors (Lipinski definition) is 9. The molecule has 10 nitrogen and oxygen atoms in total. The first-order valence-corrected chi connectivity index (χ1v) is 9.21. The van der Waals surface area contributed by atoms with Crippen molar-refractivity contribution in [2.45, 2.75) is 31.1 Å². The van der Waals surface area contributed by atoms with Crippen molar-refractivity contribution in [3.8, 4) is 0 Å². The highest BCUT2D eigenvalue weighted by Gasteiger charge is 2.57. The van der Waals surface area contributed by atoms with Crippen molar-refractivity contribution in [3.05, 3.63) is 42.2 Å². The molecule has 0 aliphatic carbocycles. The minimum atomic E-state index is -2.27. The van der Waals surface area contributed by atoms with E-state index >= 15 is 0 Å². The number of aliphatic hydroxyl groups is 1. The first kappa shape index (κ1) is 17.2. The number of hydrogen-bond donors (Lipinski definition) is 2. The van der Waals surface area contributed by atoms with Gasteiger partial charge < -0.3 is 29.5 Å². The molecule has 3 aliphatic rings. The van der Waals surface area contributed by atoms with Crippen LogP contribution in [0.5, 0.6) is 0 Å². The third-order valence-corrected chi connectivity index (χ3v) is 5.74. The molecule has 0 saturated carbocycles. The molecule has 3 unspecified atom stereocenters. The highest BCUT2D eigenvalue weighted by atomic mass is 19.1. The Labute approximate surface area is 163 Å². The average molecular weight is 400 g/mol. The minimum Gasteiger partial charge on any atom is -0.537 e. The summed E-state index contributed by atoms with van der Waals surface area (Å²) in [6, 6.07) is 4.37. The lowest BCUT2D eigenvalue weighted by Crippen LogP contribution is -2.51. The van der Waals surface area contributed by atoms with Crippen molar-refractivity contribution >= 4 is 29.2 Å². The number of anilines is 1. The van der Waals surface area contributed by atoms with E-state index in [2.05, 4.69) is 15.0 Å². The second-order valence-corrected chi connectivity index (χ2v) is 7.33. The van der Waals surface area contributed by atoms with Gasteiger partial charge in [0, 0.05) is 6.61 Å². The predicted molar refractivity (Wildman–Crippen MR) is 97.1 cm³/mol. The van der Waals surface area contributed by atoms with Gasteiger partial charge in [0.25, 0.3) is 0 Å². The van der Waals surface area contributed by atoms with Crippen LogP contribution < -0.4 is 11.2 Å². The smallest absolute Gasteiger partial charge is 0.410 e. The topological polar surface area (TPSA) is 127 Å². The van der Waals surface area contributed by atoms with Crippen molar-refractivity contribution in [2.24, 2.45) is 0 Å². The molecule has 0 amide bonds. The van der Waals surface area contributed by atoms with Crippen molar-refractivity contribution in [1.82, 2.24) is 19.5 Å². The summed E-state index contributed by atoms with van der Waals surface area (Å²) < 4.78 is 39.6. The lowest BCUT2D eigenvalue weighted by atomic mass is 9.70. The van der Waals surface area contributed by atoms with Gasteiger partial charge in [-0.2, -0.15) is 0 Å². The van der Waals surface area contributed by atoms with Gasteiger partial charge in [0.1, 0.15) is 23.8 Å². The number of nitrogen functional groups attached to an aromatic ring is 1. The molecule has 1 aromatic carbocycles. The standard InChI is InChI=1S/C17H16BFN5O5/c19-9-1-2-10-8(3-9)5-26-18(10)28-13-11(4-25)27-17(14(13)29-18)24-7-23-12-15(20)21-6-22-16(12)24/h1-3,6-7,11,13-14,17,25H,4-5H2,(H2,20,21,22)/q-1/t11-,13?,14?,17-,18?/m1/s1. The Morgan fingerprint density at radius 2 is 2.10 bits per heavy atom. The molecule has 6 rings (SSSR count). The van der Waals surface area contributed by atoms with Crippen LogP contribution in [0.3, 0.4) is 0 Å². The van der Waals surface area contributed by atoms with Crippen molar-refractivity contribution in [1.29, 1.82) is 0 Å². The molecule has 29 heavy (non-hydrogen) atoms. The second kappa shape index (κ2) is 5.94. The van der Waals surface area contributed by atoms with E-state index < -0.39 is 31.3 Å². The average Bonchev–Trinajstić information content (AvgIpc) is 3.45. The molecule has 150 valence electrons. The molecule has 2 fully saturated rings. The number of halogens is 1. The first-order chi connectivity index (χ1) is 14.1. The summed E-state index contributed by atoms with van der Waals surface area (Å²) in [7, 11) is 0. The molecule has 12 heteroatoms. The summed E-state index contributed by atoms with van der Waals surface area (Å²) in [4.78, 5) is 12.5. The number of ether oxygens (including phenoxy) is 1. The maximum absolute atomic E-state index is 13.6. The fourth-order valence-electron chi connectivity index (χ4n) is 4.45. The maximum atomic E-state index is 13.6. The number of rotatable bonds is 2. The van der Waals surface area contributed by atoms with Crippen LogP contribution in [0, 0.1) is 5.82 Å². The van der Waals surface area contributed by atoms with E-state index in [1.807, 2.05) is 0 Å². The monoisotopic (exact) mass is 400 g/mol. The molecule has 1 spiro atoms. The third kappa shape index (κ3) is 2.31. The van der Waals surface area contributed by atoms with Crippen LogP contribution in [0.1, 0.15) is 11.8 Å². The summed E-state index contributed by atoms with van der Waals surface area (Å²) in [5.74, 6) is -0.101. The number of fused-ring (bicyclic) bond motifs is 4. The first-order valence-electron chi connectivity index (χ1n) is 9.21. The van der Waals surface area contributed by atoms with Crippen molar-refractivity contribution in [2.75, 3.05) is 12.3 Å². The van der Waals surface area contributed by atoms with Crippen LogP contribution in [-0.2, 0) is 25.3 Å². The van der Waals surface area contributed by atoms with Crippen LogP contribution in [0.2, 0.25) is 0 Å². The molecule has 3 aliphatic heterocycles. The second-order valence-electron chi connectivity index (χ2n) is 7.33. The molecule has 3 aromatic rings. The molecule has 2 saturated heterocycles. The van der Waals surface area contributed by atoms with Gasteiger partial charge in [0.15, 0.2) is 17.7 Å². The predicted octanol–water partition coefficient (Wildman–Crippen LogP) is -0.402. The maximum Gasteiger partial charge on any atom is 0.410 e. The zero-order chi connectivity index (χ0) is 19.8. The molecule has 5 heterocycles. The van der Waals surface area contributed by atoms with Gasteiger partial charge in [-0.1, -0.05) is 11.6 Å². The third-order valence-electron chi connectivity index (χ3n) is 5.74. The molecule has 3 N–H and O–H groups in total. The number of aliphatic hydroxyl groups excluding tert-OH is 1. The van der Waals surface area contributed by atoms with E-state index in [4.69, 9.17) is 24.4 Å². The van der Waals surface area contributed by atoms with E-state index in [1.165, 1.54) is 24.8 Å². The summed E-state index contributed by atoms with van der Waals surface area (Å²) in [6.45, 7) is -2.36. The Morgan fingerprint density at radius 3 is 2.97 bits per heavy atom. The van der Waals surface area contributed by atoms with Gasteiger partial charge in [-0.25, -0.2) is 19.3 Å². The van der Waals surface area contributed by atoms with Crippen molar-refractivity contribution < 1.29 is 28.2 Å². The molecule has 0 radical (unpaired) electrons. The Bertz CT molecular complexity index is 1130. The summed E-state index contributed by atoms with van der Waals surface area (Å²) in [5.41, 5.74) is 8.14. The summed E-state index contributed by atoms with van der Waals surface area (Å²) in [6.07, 6.45) is 0.377. The van der Waals surface area contributed by atoms with Gasteiger partial charge in [-0.15, -0.1) is 5.46 Å². The van der Waals surface area contributed by atoms with Crippen LogP contribution in [-0.4, -0.2) is 56.3 Å². The normalized spacial score (nSPS) is 32.9. The van der Waals surface area contributed by atoms with Gasteiger partial charge in [-0.05, 0) is 12.1 Å². The summed E-state index contributed by atoms with van der Waals surface area (Å²) in [5, 5.41) is 9.83. The van der Waals surface area contributed by atoms with Gasteiger partial charge in [0.2, 0.25) is 0 Å². The molecular formula is C17H16BFN5O5-. The van der Waals surface area contributed by atoms with Crippen molar-refractivity contribution in [3.63, 3.8) is 0 Å². The number of nitrogens with two attached hydrogens (primary N) is 1. The molecule has 0 bridgehead atoms. The highest BCUT2D eigenvalue weighted by Crippen LogP contribution is 2.44. The Morgan fingerprint density at radius 1 is 1.24 bits per heavy atom. The van der Waals surface area contributed by atoms with E-state index in [0.29, 0.717) is 22.2 Å². The van der Waals surface area contributed by atoms with Gasteiger partial charge in [0.05, 0.1) is 25.1 Å². The van der Waals surface area contributed by atoms with Crippen LogP contribution in [0.4, 0.5) is 10.2 Å². The highest BCUT2D eigenvalue weighted by molar-refractivity contribution is 6.77. The largest absolute Gasteiger partial charge is 0.537 e. The van der Waals surface area contributed by atoms with E-state index in [1.54, 1.807) is 10.6 Å². The quantitative estimate of drug-likeness (QED) is 0.553. The number of imidazole rings is 1. The van der Waals surface area contributed by atoms with E-state index in [-0.39, 0.29) is 24.8 Å². The Kier molecular flexibility index (Phi) is 3.53. The number of benzene rings is 1. The zero-order valence-corrected chi connectivity index (χ0v) is 15.0. The Balaban J connectivity index is 1.41. The van der Waals surface area contributed by atoms with Crippen LogP contribution >= 0.6 is 0 Å².